The van der Waals surface area contributed by atoms with E-state index in [-0.39, 0.29) is 0 Å². The highest BCUT2D eigenvalue weighted by Gasteiger charge is 2.17. The van der Waals surface area contributed by atoms with E-state index in [1.165, 1.54) is 6.42 Å². The number of rotatable bonds is 4. The summed E-state index contributed by atoms with van der Waals surface area (Å²) < 4.78 is 11.0. The predicted molar refractivity (Wildman–Crippen MR) is 66.9 cm³/mol. The summed E-state index contributed by atoms with van der Waals surface area (Å²) in [5.41, 5.74) is 5.83. The molecule has 2 N–H and O–H groups in total. The highest BCUT2D eigenvalue weighted by atomic mass is 32.2. The van der Waals surface area contributed by atoms with Crippen molar-refractivity contribution in [2.24, 2.45) is 10.7 Å². The molecule has 0 aromatic carbocycles. The second kappa shape index (κ2) is 6.47. The average Bonchev–Trinajstić information content (AvgIpc) is 2.96. The van der Waals surface area contributed by atoms with Gasteiger partial charge in [0.1, 0.15) is 0 Å². The van der Waals surface area contributed by atoms with Crippen LogP contribution in [0, 0.1) is 0 Å². The van der Waals surface area contributed by atoms with Gasteiger partial charge in [0.15, 0.2) is 5.17 Å². The summed E-state index contributed by atoms with van der Waals surface area (Å²) in [6.07, 6.45) is 5.28. The van der Waals surface area contributed by atoms with Crippen LogP contribution in [0.3, 0.4) is 0 Å². The molecule has 0 aromatic heterocycles. The highest BCUT2D eigenvalue weighted by molar-refractivity contribution is 8.13. The summed E-state index contributed by atoms with van der Waals surface area (Å²) in [6.45, 7) is 2.49. The lowest BCUT2D eigenvalue weighted by Gasteiger charge is -2.09. The molecular formula is C11H20N2O2S. The van der Waals surface area contributed by atoms with Gasteiger partial charge in [0.2, 0.25) is 0 Å². The zero-order valence-electron chi connectivity index (χ0n) is 9.56. The number of nitrogens with two attached hydrogens (primary N) is 1. The fourth-order valence-corrected chi connectivity index (χ4v) is 2.77. The van der Waals surface area contributed by atoms with Gasteiger partial charge in [-0.25, -0.2) is 0 Å². The van der Waals surface area contributed by atoms with Crippen molar-refractivity contribution >= 4 is 16.9 Å². The molecule has 0 bridgehead atoms. The molecule has 2 aliphatic rings. The van der Waals surface area contributed by atoms with Gasteiger partial charge in [0, 0.05) is 19.0 Å². The molecule has 0 saturated carbocycles. The van der Waals surface area contributed by atoms with E-state index in [0.717, 1.165) is 38.2 Å². The number of hydrogen-bond acceptors (Lipinski definition) is 4. The van der Waals surface area contributed by atoms with Gasteiger partial charge in [-0.15, -0.1) is 0 Å². The van der Waals surface area contributed by atoms with Gasteiger partial charge in [-0.2, -0.15) is 0 Å². The molecule has 0 radical (unpaired) electrons. The van der Waals surface area contributed by atoms with Crippen LogP contribution in [0.5, 0.6) is 0 Å². The van der Waals surface area contributed by atoms with Crippen LogP contribution < -0.4 is 5.73 Å². The lowest BCUT2D eigenvalue weighted by molar-refractivity contribution is 0.118. The van der Waals surface area contributed by atoms with E-state index >= 15 is 0 Å². The summed E-state index contributed by atoms with van der Waals surface area (Å²) in [6, 6.07) is 0. The second-order valence-corrected chi connectivity index (χ2v) is 5.30. The number of nitrogens with zero attached hydrogens (tertiary/aromatic N) is 1. The summed E-state index contributed by atoms with van der Waals surface area (Å²) >= 11 is 1.60. The molecule has 0 spiro atoms. The van der Waals surface area contributed by atoms with Gasteiger partial charge < -0.3 is 15.2 Å². The maximum absolute atomic E-state index is 5.83. The monoisotopic (exact) mass is 244 g/mol. The third kappa shape index (κ3) is 3.96. The Bertz CT molecular complexity index is 236. The Hall–Kier alpha value is -0.260. The Morgan fingerprint density at radius 2 is 1.88 bits per heavy atom. The van der Waals surface area contributed by atoms with Crippen LogP contribution in [0.25, 0.3) is 0 Å². The maximum atomic E-state index is 5.83. The Balaban J connectivity index is 1.61. The van der Waals surface area contributed by atoms with Crippen molar-refractivity contribution in [3.05, 3.63) is 0 Å². The Morgan fingerprint density at radius 1 is 1.19 bits per heavy atom. The first-order valence-electron chi connectivity index (χ1n) is 6.00. The summed E-state index contributed by atoms with van der Waals surface area (Å²) in [5, 5.41) is 0.672. The summed E-state index contributed by atoms with van der Waals surface area (Å²) in [4.78, 5) is 4.34. The normalized spacial score (nSPS) is 31.1. The molecule has 2 rings (SSSR count). The molecule has 2 fully saturated rings. The van der Waals surface area contributed by atoms with Crippen molar-refractivity contribution in [1.82, 2.24) is 0 Å². The largest absolute Gasteiger partial charge is 0.379 e. The SMILES string of the molecule is NC(=NCC1CCCO1)SCC1CCCO1. The first kappa shape index (κ1) is 12.2. The van der Waals surface area contributed by atoms with Gasteiger partial charge in [-0.3, -0.25) is 4.99 Å². The molecule has 2 atom stereocenters. The molecule has 16 heavy (non-hydrogen) atoms. The number of amidine groups is 1. The van der Waals surface area contributed by atoms with Crippen molar-refractivity contribution in [2.75, 3.05) is 25.5 Å². The van der Waals surface area contributed by atoms with Gasteiger partial charge in [-0.1, -0.05) is 11.8 Å². The molecule has 2 heterocycles. The Morgan fingerprint density at radius 3 is 2.50 bits per heavy atom. The van der Waals surface area contributed by atoms with Crippen molar-refractivity contribution in [3.63, 3.8) is 0 Å². The van der Waals surface area contributed by atoms with E-state index < -0.39 is 0 Å². The first-order valence-corrected chi connectivity index (χ1v) is 6.99. The number of thioether (sulfide) groups is 1. The minimum absolute atomic E-state index is 0.293. The zero-order chi connectivity index (χ0) is 11.2. The van der Waals surface area contributed by atoms with Crippen LogP contribution >= 0.6 is 11.8 Å². The second-order valence-electron chi connectivity index (χ2n) is 4.26. The fourth-order valence-electron chi connectivity index (χ4n) is 1.98. The molecule has 2 aliphatic heterocycles. The third-order valence-corrected chi connectivity index (χ3v) is 3.88. The lowest BCUT2D eigenvalue weighted by atomic mass is 10.2. The number of ether oxygens (including phenoxy) is 2. The van der Waals surface area contributed by atoms with E-state index in [9.17, 15) is 0 Å². The molecular weight excluding hydrogens is 224 g/mol. The van der Waals surface area contributed by atoms with Gasteiger partial charge in [0.25, 0.3) is 0 Å². The minimum atomic E-state index is 0.293. The van der Waals surface area contributed by atoms with Crippen LogP contribution in [-0.2, 0) is 9.47 Å². The van der Waals surface area contributed by atoms with Gasteiger partial charge >= 0.3 is 0 Å². The lowest BCUT2D eigenvalue weighted by Crippen LogP contribution is -2.17. The number of hydrogen-bond donors (Lipinski definition) is 1. The smallest absolute Gasteiger partial charge is 0.154 e. The van der Waals surface area contributed by atoms with E-state index in [1.54, 1.807) is 11.8 Å². The van der Waals surface area contributed by atoms with Crippen LogP contribution in [0.15, 0.2) is 4.99 Å². The molecule has 4 nitrogen and oxygen atoms in total. The van der Waals surface area contributed by atoms with Crippen LogP contribution in [-0.4, -0.2) is 42.9 Å². The van der Waals surface area contributed by atoms with Crippen molar-refractivity contribution in [2.45, 2.75) is 37.9 Å². The standard InChI is InChI=1S/C11H20N2O2S/c12-11(13-7-9-3-1-5-14-9)16-8-10-4-2-6-15-10/h9-10H,1-8H2,(H2,12,13). The molecule has 5 heteroatoms. The molecule has 0 aromatic rings. The van der Waals surface area contributed by atoms with Crippen molar-refractivity contribution < 1.29 is 9.47 Å². The summed E-state index contributed by atoms with van der Waals surface area (Å²) in [7, 11) is 0. The van der Waals surface area contributed by atoms with E-state index in [4.69, 9.17) is 15.2 Å². The minimum Gasteiger partial charge on any atom is -0.379 e. The van der Waals surface area contributed by atoms with Crippen molar-refractivity contribution in [1.29, 1.82) is 0 Å². The Kier molecular flexibility index (Phi) is 4.93. The third-order valence-electron chi connectivity index (χ3n) is 2.92. The predicted octanol–water partition coefficient (Wildman–Crippen LogP) is 1.39. The molecule has 2 saturated heterocycles. The van der Waals surface area contributed by atoms with Crippen LogP contribution in [0.2, 0.25) is 0 Å². The van der Waals surface area contributed by atoms with E-state index in [0.29, 0.717) is 23.9 Å². The highest BCUT2D eigenvalue weighted by Crippen LogP contribution is 2.17. The maximum Gasteiger partial charge on any atom is 0.154 e. The van der Waals surface area contributed by atoms with E-state index in [1.807, 2.05) is 0 Å². The van der Waals surface area contributed by atoms with Gasteiger partial charge in [-0.05, 0) is 25.7 Å². The van der Waals surface area contributed by atoms with Crippen molar-refractivity contribution in [3.8, 4) is 0 Å². The molecule has 92 valence electrons. The zero-order valence-corrected chi connectivity index (χ0v) is 10.4. The molecule has 0 amide bonds. The first-order chi connectivity index (χ1) is 7.84. The van der Waals surface area contributed by atoms with Crippen LogP contribution in [0.1, 0.15) is 25.7 Å². The molecule has 2 unspecified atom stereocenters. The number of aliphatic imine (C=N–C) groups is 1. The fraction of sp³-hybridized carbons (Fsp3) is 0.909. The quantitative estimate of drug-likeness (QED) is 0.600. The van der Waals surface area contributed by atoms with Gasteiger partial charge in [0.05, 0.1) is 18.8 Å². The summed E-state index contributed by atoms with van der Waals surface area (Å²) in [5.74, 6) is 0.931. The topological polar surface area (TPSA) is 56.8 Å². The molecule has 0 aliphatic carbocycles. The van der Waals surface area contributed by atoms with E-state index in [2.05, 4.69) is 4.99 Å². The van der Waals surface area contributed by atoms with Crippen LogP contribution in [0.4, 0.5) is 0 Å². The average molecular weight is 244 g/mol. The Labute approximate surface area is 101 Å².